The topological polar surface area (TPSA) is 59.3 Å². The molecule has 1 amide bonds. The first kappa shape index (κ1) is 17.7. The van der Waals surface area contributed by atoms with Crippen LogP contribution in [0, 0.1) is 12.7 Å². The number of aryl methyl sites for hydroxylation is 1. The van der Waals surface area contributed by atoms with Gasteiger partial charge in [-0.2, -0.15) is 0 Å². The van der Waals surface area contributed by atoms with Gasteiger partial charge in [0.25, 0.3) is 5.91 Å². The van der Waals surface area contributed by atoms with Gasteiger partial charge in [0.1, 0.15) is 23.4 Å². The largest absolute Gasteiger partial charge is 0.461 e. The van der Waals surface area contributed by atoms with Crippen molar-refractivity contribution in [3.8, 4) is 11.1 Å². The number of halogens is 1. The van der Waals surface area contributed by atoms with Crippen LogP contribution in [0.25, 0.3) is 22.1 Å². The van der Waals surface area contributed by atoms with Crippen LogP contribution >= 0.6 is 0 Å². The molecule has 0 bridgehead atoms. The molecule has 1 N–H and O–H groups in total. The van der Waals surface area contributed by atoms with Crippen LogP contribution < -0.4 is 5.32 Å². The zero-order valence-corrected chi connectivity index (χ0v) is 15.0. The molecule has 5 heteroatoms. The number of hydrogen-bond acceptors (Lipinski definition) is 3. The summed E-state index contributed by atoms with van der Waals surface area (Å²) in [7, 11) is 0. The fraction of sp³-hybridized carbons (Fsp3) is 0.0435. The van der Waals surface area contributed by atoms with Crippen molar-refractivity contribution in [3.05, 3.63) is 89.4 Å². The maximum atomic E-state index is 13.1. The van der Waals surface area contributed by atoms with Crippen molar-refractivity contribution in [1.29, 1.82) is 0 Å². The molecule has 0 radical (unpaired) electrons. The fourth-order valence-electron chi connectivity index (χ4n) is 3.20. The molecule has 0 spiro atoms. The van der Waals surface area contributed by atoms with Gasteiger partial charge in [-0.3, -0.25) is 9.59 Å². The average Bonchev–Trinajstić information content (AvgIpc) is 3.04. The number of rotatable bonds is 4. The zero-order chi connectivity index (χ0) is 19.7. The van der Waals surface area contributed by atoms with Crippen LogP contribution in [0.5, 0.6) is 0 Å². The maximum Gasteiger partial charge on any atom is 0.259 e. The number of aldehydes is 1. The van der Waals surface area contributed by atoms with E-state index in [1.165, 1.54) is 24.3 Å². The van der Waals surface area contributed by atoms with Gasteiger partial charge in [0.05, 0.1) is 5.56 Å². The zero-order valence-electron chi connectivity index (χ0n) is 15.0. The minimum absolute atomic E-state index is 0.332. The lowest BCUT2D eigenvalue weighted by molar-refractivity contribution is 0.102. The van der Waals surface area contributed by atoms with E-state index < -0.39 is 0 Å². The van der Waals surface area contributed by atoms with Crippen LogP contribution in [-0.4, -0.2) is 12.2 Å². The molecule has 0 unspecified atom stereocenters. The Kier molecular flexibility index (Phi) is 4.49. The summed E-state index contributed by atoms with van der Waals surface area (Å²) in [6, 6.07) is 18.4. The van der Waals surface area contributed by atoms with Crippen molar-refractivity contribution in [1.82, 2.24) is 0 Å². The van der Waals surface area contributed by atoms with Gasteiger partial charge in [-0.1, -0.05) is 24.3 Å². The number of carbonyl (C=O) groups is 2. The van der Waals surface area contributed by atoms with E-state index in [0.717, 1.165) is 17.4 Å². The van der Waals surface area contributed by atoms with Gasteiger partial charge in [-0.05, 0) is 60.5 Å². The third-order valence-electron chi connectivity index (χ3n) is 4.55. The molecule has 138 valence electrons. The van der Waals surface area contributed by atoms with Crippen LogP contribution in [0.2, 0.25) is 0 Å². The summed E-state index contributed by atoms with van der Waals surface area (Å²) in [5, 5.41) is 3.44. The van der Waals surface area contributed by atoms with Crippen molar-refractivity contribution < 1.29 is 18.4 Å². The lowest BCUT2D eigenvalue weighted by Gasteiger charge is -2.06. The molecular weight excluding hydrogens is 357 g/mol. The summed E-state index contributed by atoms with van der Waals surface area (Å²) in [5.74, 6) is -0.208. The first-order chi connectivity index (χ1) is 13.5. The van der Waals surface area contributed by atoms with E-state index in [1.54, 1.807) is 25.1 Å². The number of furan rings is 1. The minimum atomic E-state index is -0.370. The predicted octanol–water partition coefficient (Wildman–Crippen LogP) is 5.61. The molecule has 1 heterocycles. The van der Waals surface area contributed by atoms with Crippen LogP contribution in [0.4, 0.5) is 10.1 Å². The normalized spacial score (nSPS) is 10.8. The van der Waals surface area contributed by atoms with Gasteiger partial charge in [0.2, 0.25) is 0 Å². The van der Waals surface area contributed by atoms with Crippen LogP contribution in [-0.2, 0) is 0 Å². The van der Waals surface area contributed by atoms with Gasteiger partial charge < -0.3 is 9.73 Å². The lowest BCUT2D eigenvalue weighted by atomic mass is 10.0. The van der Waals surface area contributed by atoms with Gasteiger partial charge >= 0.3 is 0 Å². The molecule has 0 aliphatic heterocycles. The third-order valence-corrected chi connectivity index (χ3v) is 4.55. The number of hydrogen-bond donors (Lipinski definition) is 1. The quantitative estimate of drug-likeness (QED) is 0.473. The summed E-state index contributed by atoms with van der Waals surface area (Å²) >= 11 is 0. The number of nitrogens with one attached hydrogen (secondary N) is 1. The Hall–Kier alpha value is -3.73. The maximum absolute atomic E-state index is 13.1. The molecule has 3 aromatic carbocycles. The van der Waals surface area contributed by atoms with Gasteiger partial charge in [-0.15, -0.1) is 0 Å². The van der Waals surface area contributed by atoms with E-state index in [9.17, 15) is 14.0 Å². The van der Waals surface area contributed by atoms with E-state index in [-0.39, 0.29) is 11.7 Å². The number of fused-ring (bicyclic) bond motifs is 1. The summed E-state index contributed by atoms with van der Waals surface area (Å²) in [6.07, 6.45) is 0.797. The van der Waals surface area contributed by atoms with Crippen molar-refractivity contribution in [2.45, 2.75) is 6.92 Å². The van der Waals surface area contributed by atoms with Crippen LogP contribution in [0.1, 0.15) is 26.5 Å². The molecule has 4 nitrogen and oxygen atoms in total. The Morgan fingerprint density at radius 2 is 1.75 bits per heavy atom. The highest BCUT2D eigenvalue weighted by atomic mass is 19.1. The summed E-state index contributed by atoms with van der Waals surface area (Å²) in [4.78, 5) is 23.9. The number of carbonyl (C=O) groups excluding carboxylic acids is 2. The molecule has 0 aliphatic carbocycles. The Labute approximate surface area is 160 Å². The lowest BCUT2D eigenvalue weighted by Crippen LogP contribution is -2.12. The highest BCUT2D eigenvalue weighted by Gasteiger charge is 2.19. The molecule has 0 saturated heterocycles. The second-order valence-corrected chi connectivity index (χ2v) is 6.45. The molecule has 28 heavy (non-hydrogen) atoms. The first-order valence-corrected chi connectivity index (χ1v) is 8.71. The van der Waals surface area contributed by atoms with Crippen molar-refractivity contribution in [2.75, 3.05) is 5.32 Å². The highest BCUT2D eigenvalue weighted by molar-refractivity contribution is 6.13. The Bertz CT molecular complexity index is 1190. The van der Waals surface area contributed by atoms with Gasteiger partial charge in [0, 0.05) is 16.6 Å². The molecule has 1 aromatic heterocycles. The average molecular weight is 373 g/mol. The summed E-state index contributed by atoms with van der Waals surface area (Å²) < 4.78 is 18.8. The highest BCUT2D eigenvalue weighted by Crippen LogP contribution is 2.31. The second-order valence-electron chi connectivity index (χ2n) is 6.45. The third kappa shape index (κ3) is 3.30. The van der Waals surface area contributed by atoms with Crippen molar-refractivity contribution in [2.24, 2.45) is 0 Å². The number of amides is 1. The molecule has 0 saturated carbocycles. The van der Waals surface area contributed by atoms with E-state index in [0.29, 0.717) is 33.5 Å². The Morgan fingerprint density at radius 1 is 1.00 bits per heavy atom. The molecule has 4 rings (SSSR count). The Morgan fingerprint density at radius 3 is 2.50 bits per heavy atom. The Balaban J connectivity index is 1.75. The molecule has 4 aromatic rings. The first-order valence-electron chi connectivity index (χ1n) is 8.71. The minimum Gasteiger partial charge on any atom is -0.461 e. The molecule has 0 atom stereocenters. The van der Waals surface area contributed by atoms with E-state index >= 15 is 0 Å². The fourth-order valence-corrected chi connectivity index (χ4v) is 3.20. The molecule has 0 fully saturated rings. The van der Waals surface area contributed by atoms with E-state index in [2.05, 4.69) is 5.32 Å². The smallest absolute Gasteiger partial charge is 0.259 e. The number of benzene rings is 3. The van der Waals surface area contributed by atoms with E-state index in [1.807, 2.05) is 24.3 Å². The molecular formula is C23H16FNO3. The molecule has 0 aliphatic rings. The van der Waals surface area contributed by atoms with Gasteiger partial charge in [-0.25, -0.2) is 4.39 Å². The SMILES string of the molecule is Cc1oc2ccc(-c3cccc(C=O)c3)cc2c1C(=O)Nc1ccc(F)cc1. The van der Waals surface area contributed by atoms with E-state index in [4.69, 9.17) is 4.42 Å². The summed E-state index contributed by atoms with van der Waals surface area (Å²) in [5.41, 5.74) is 3.83. The standard InChI is InChI=1S/C23H16FNO3/c1-14-22(23(27)25-19-8-6-18(24)7-9-19)20-12-17(5-10-21(20)28-14)16-4-2-3-15(11-16)13-26/h2-13H,1H3,(H,25,27). The van der Waals surface area contributed by atoms with Crippen molar-refractivity contribution >= 4 is 28.8 Å². The summed E-state index contributed by atoms with van der Waals surface area (Å²) in [6.45, 7) is 1.73. The second kappa shape index (κ2) is 7.12. The van der Waals surface area contributed by atoms with Crippen LogP contribution in [0.3, 0.4) is 0 Å². The predicted molar refractivity (Wildman–Crippen MR) is 106 cm³/mol. The monoisotopic (exact) mass is 373 g/mol. The van der Waals surface area contributed by atoms with Gasteiger partial charge in [0.15, 0.2) is 0 Å². The number of anilines is 1. The van der Waals surface area contributed by atoms with Crippen molar-refractivity contribution in [3.63, 3.8) is 0 Å². The van der Waals surface area contributed by atoms with Crippen LogP contribution in [0.15, 0.2) is 71.1 Å².